The summed E-state index contributed by atoms with van der Waals surface area (Å²) in [6.07, 6.45) is 4.24. The van der Waals surface area contributed by atoms with E-state index in [1.54, 1.807) is 0 Å². The number of nitrogens with zero attached hydrogens (tertiary/aromatic N) is 1. The lowest BCUT2D eigenvalue weighted by Crippen LogP contribution is -2.24. The summed E-state index contributed by atoms with van der Waals surface area (Å²) in [6, 6.07) is 2.37. The lowest BCUT2D eigenvalue weighted by molar-refractivity contribution is 0.177. The third-order valence-electron chi connectivity index (χ3n) is 2.89. The first-order valence-electron chi connectivity index (χ1n) is 5.82. The molecule has 0 fully saturated rings. The quantitative estimate of drug-likeness (QED) is 0.616. The molecule has 0 aromatic heterocycles. The van der Waals surface area contributed by atoms with E-state index in [1.165, 1.54) is 12.8 Å². The number of rotatable bonds is 6. The second kappa shape index (κ2) is 6.06. The Morgan fingerprint density at radius 1 is 1.07 bits per heavy atom. The molecule has 0 atom stereocenters. The van der Waals surface area contributed by atoms with Crippen LogP contribution in [0.25, 0.3) is 0 Å². The van der Waals surface area contributed by atoms with Crippen molar-refractivity contribution in [3.63, 3.8) is 0 Å². The summed E-state index contributed by atoms with van der Waals surface area (Å²) in [5, 5.41) is 8.91. The monoisotopic (exact) mass is 195 g/mol. The molecule has 0 aliphatic rings. The van der Waals surface area contributed by atoms with Crippen LogP contribution in [0.5, 0.6) is 0 Å². The molecular weight excluding hydrogens is 170 g/mol. The van der Waals surface area contributed by atoms with Crippen molar-refractivity contribution in [1.82, 2.24) is 0 Å². The van der Waals surface area contributed by atoms with E-state index in [1.807, 2.05) is 0 Å². The van der Waals surface area contributed by atoms with E-state index in [9.17, 15) is 0 Å². The number of nitriles is 1. The minimum atomic E-state index is 0.275. The molecule has 0 spiro atoms. The highest BCUT2D eigenvalue weighted by molar-refractivity contribution is 4.89. The van der Waals surface area contributed by atoms with Gasteiger partial charge in [-0.15, -0.1) is 0 Å². The second-order valence-electron chi connectivity index (χ2n) is 5.38. The molecule has 0 radical (unpaired) electrons. The zero-order chi connectivity index (χ0) is 11.2. The van der Waals surface area contributed by atoms with Gasteiger partial charge in [0.05, 0.1) is 6.07 Å². The molecule has 0 aliphatic heterocycles. The van der Waals surface area contributed by atoms with Crippen molar-refractivity contribution < 1.29 is 0 Å². The molecule has 0 amide bonds. The third-order valence-corrected chi connectivity index (χ3v) is 2.89. The van der Waals surface area contributed by atoms with Crippen molar-refractivity contribution >= 4 is 0 Å². The Labute approximate surface area is 89.5 Å². The fourth-order valence-corrected chi connectivity index (χ4v) is 2.54. The van der Waals surface area contributed by atoms with Crippen LogP contribution in [0.4, 0.5) is 0 Å². The van der Waals surface area contributed by atoms with Gasteiger partial charge < -0.3 is 0 Å². The average Bonchev–Trinajstić information content (AvgIpc) is 2.02. The summed E-state index contributed by atoms with van der Waals surface area (Å²) in [4.78, 5) is 0. The summed E-state index contributed by atoms with van der Waals surface area (Å²) in [5.74, 6) is 1.39. The van der Waals surface area contributed by atoms with Crippen molar-refractivity contribution in [2.24, 2.45) is 17.3 Å². The summed E-state index contributed by atoms with van der Waals surface area (Å²) < 4.78 is 0. The molecule has 82 valence electrons. The highest BCUT2D eigenvalue weighted by Crippen LogP contribution is 2.39. The minimum Gasteiger partial charge on any atom is -0.198 e. The van der Waals surface area contributed by atoms with Crippen LogP contribution in [0.15, 0.2) is 0 Å². The van der Waals surface area contributed by atoms with Gasteiger partial charge in [0.2, 0.25) is 0 Å². The maximum absolute atomic E-state index is 8.91. The van der Waals surface area contributed by atoms with Gasteiger partial charge in [0.25, 0.3) is 0 Å². The van der Waals surface area contributed by atoms with Crippen molar-refractivity contribution in [3.05, 3.63) is 0 Å². The van der Waals surface area contributed by atoms with Crippen molar-refractivity contribution in [1.29, 1.82) is 5.26 Å². The van der Waals surface area contributed by atoms with Crippen LogP contribution in [0.1, 0.15) is 60.3 Å². The molecule has 0 aliphatic carbocycles. The first-order valence-corrected chi connectivity index (χ1v) is 5.82. The van der Waals surface area contributed by atoms with Crippen LogP contribution in [0.3, 0.4) is 0 Å². The van der Waals surface area contributed by atoms with E-state index >= 15 is 0 Å². The normalized spacial score (nSPS) is 12.1. The van der Waals surface area contributed by atoms with Gasteiger partial charge in [-0.3, -0.25) is 0 Å². The lowest BCUT2D eigenvalue weighted by Gasteiger charge is -2.34. The first-order chi connectivity index (χ1) is 6.45. The molecule has 0 aromatic rings. The number of hydrogen-bond acceptors (Lipinski definition) is 1. The molecule has 14 heavy (non-hydrogen) atoms. The van der Waals surface area contributed by atoms with Crippen molar-refractivity contribution in [2.75, 3.05) is 0 Å². The molecule has 0 rings (SSSR count). The average molecular weight is 195 g/mol. The highest BCUT2D eigenvalue weighted by atomic mass is 14.4. The summed E-state index contributed by atoms with van der Waals surface area (Å²) in [5.41, 5.74) is 0.275. The largest absolute Gasteiger partial charge is 0.198 e. The highest BCUT2D eigenvalue weighted by Gasteiger charge is 2.29. The molecule has 1 heteroatoms. The Hall–Kier alpha value is -0.510. The molecule has 0 bridgehead atoms. The van der Waals surface area contributed by atoms with E-state index in [0.29, 0.717) is 11.8 Å². The summed E-state index contributed by atoms with van der Waals surface area (Å²) in [6.45, 7) is 11.2. The molecule has 0 heterocycles. The molecular formula is C13H25N. The fourth-order valence-electron chi connectivity index (χ4n) is 2.54. The Kier molecular flexibility index (Phi) is 5.84. The van der Waals surface area contributed by atoms with Gasteiger partial charge in [-0.2, -0.15) is 5.26 Å². The van der Waals surface area contributed by atoms with Crippen molar-refractivity contribution in [3.8, 4) is 6.07 Å². The zero-order valence-corrected chi connectivity index (χ0v) is 10.4. The smallest absolute Gasteiger partial charge is 0.0627 e. The molecule has 0 saturated heterocycles. The SMILES string of the molecule is CCC(CC#N)(CC(C)C)CC(C)C. The van der Waals surface area contributed by atoms with E-state index in [-0.39, 0.29) is 5.41 Å². The van der Waals surface area contributed by atoms with E-state index < -0.39 is 0 Å². The van der Waals surface area contributed by atoms with E-state index in [4.69, 9.17) is 5.26 Å². The third kappa shape index (κ3) is 4.65. The van der Waals surface area contributed by atoms with Crippen LogP contribution in [-0.4, -0.2) is 0 Å². The van der Waals surface area contributed by atoms with Crippen LogP contribution < -0.4 is 0 Å². The van der Waals surface area contributed by atoms with Crippen LogP contribution in [-0.2, 0) is 0 Å². The maximum atomic E-state index is 8.91. The van der Waals surface area contributed by atoms with Gasteiger partial charge in [0.1, 0.15) is 0 Å². The number of hydrogen-bond donors (Lipinski definition) is 0. The van der Waals surface area contributed by atoms with Crippen LogP contribution in [0.2, 0.25) is 0 Å². The standard InChI is InChI=1S/C13H25N/c1-6-13(7-8-14,9-11(2)3)10-12(4)5/h11-12H,6-7,9-10H2,1-5H3. The van der Waals surface area contributed by atoms with Gasteiger partial charge in [-0.25, -0.2) is 0 Å². The van der Waals surface area contributed by atoms with Crippen molar-refractivity contribution in [2.45, 2.75) is 60.3 Å². The van der Waals surface area contributed by atoms with Gasteiger partial charge in [-0.1, -0.05) is 34.6 Å². The fraction of sp³-hybridized carbons (Fsp3) is 0.923. The Morgan fingerprint density at radius 2 is 1.50 bits per heavy atom. The Balaban J connectivity index is 4.52. The Morgan fingerprint density at radius 3 is 1.71 bits per heavy atom. The van der Waals surface area contributed by atoms with E-state index in [0.717, 1.165) is 12.8 Å². The molecule has 0 saturated carbocycles. The minimum absolute atomic E-state index is 0.275. The van der Waals surface area contributed by atoms with Crippen LogP contribution >= 0.6 is 0 Å². The Bertz CT molecular complexity index is 176. The molecule has 1 nitrogen and oxygen atoms in total. The second-order valence-corrected chi connectivity index (χ2v) is 5.38. The molecule has 0 N–H and O–H groups in total. The van der Waals surface area contributed by atoms with Gasteiger partial charge in [-0.05, 0) is 36.5 Å². The molecule has 0 aromatic carbocycles. The summed E-state index contributed by atoms with van der Waals surface area (Å²) >= 11 is 0. The van der Waals surface area contributed by atoms with E-state index in [2.05, 4.69) is 40.7 Å². The molecule has 0 unspecified atom stereocenters. The maximum Gasteiger partial charge on any atom is 0.0627 e. The van der Waals surface area contributed by atoms with Gasteiger partial charge >= 0.3 is 0 Å². The van der Waals surface area contributed by atoms with Gasteiger partial charge in [0.15, 0.2) is 0 Å². The lowest BCUT2D eigenvalue weighted by atomic mass is 9.70. The zero-order valence-electron chi connectivity index (χ0n) is 10.4. The predicted octanol–water partition coefficient (Wildman–Crippen LogP) is 4.39. The topological polar surface area (TPSA) is 23.8 Å². The predicted molar refractivity (Wildman–Crippen MR) is 61.9 cm³/mol. The van der Waals surface area contributed by atoms with Gasteiger partial charge in [0, 0.05) is 6.42 Å². The summed E-state index contributed by atoms with van der Waals surface area (Å²) in [7, 11) is 0. The first kappa shape index (κ1) is 13.5. The van der Waals surface area contributed by atoms with Crippen LogP contribution in [0, 0.1) is 28.6 Å².